The Kier molecular flexibility index (Phi) is 6.67. The van der Waals surface area contributed by atoms with Gasteiger partial charge in [0.25, 0.3) is 9.84 Å². The molecule has 0 heterocycles. The lowest BCUT2D eigenvalue weighted by atomic mass is 10.0. The maximum atomic E-state index is 14.1. The third-order valence-corrected chi connectivity index (χ3v) is 6.81. The van der Waals surface area contributed by atoms with Crippen molar-refractivity contribution in [2.24, 2.45) is 0 Å². The van der Waals surface area contributed by atoms with E-state index in [0.29, 0.717) is 6.07 Å². The fourth-order valence-corrected chi connectivity index (χ4v) is 5.40. The van der Waals surface area contributed by atoms with Crippen LogP contribution in [0.4, 0.5) is 30.7 Å². The molecule has 2 aromatic carbocycles. The quantitative estimate of drug-likeness (QED) is 0.405. The molecule has 2 rings (SSSR count). The second kappa shape index (κ2) is 8.12. The molecule has 0 N–H and O–H groups in total. The minimum atomic E-state index is -6.85. The molecule has 0 fully saturated rings. The number of nitriles is 1. The Labute approximate surface area is 182 Å². The van der Waals surface area contributed by atoms with Gasteiger partial charge in [-0.3, -0.25) is 0 Å². The molecule has 30 heavy (non-hydrogen) atoms. The summed E-state index contributed by atoms with van der Waals surface area (Å²) in [7, 11) is -6.54. The molecular formula is C17H7Br2F7NO2S. The lowest BCUT2D eigenvalue weighted by molar-refractivity contribution is -0.332. The largest absolute Gasteiger partial charge is 0.461 e. The van der Waals surface area contributed by atoms with Gasteiger partial charge in [-0.2, -0.15) is 36.0 Å². The number of hydrogen-bond donors (Lipinski definition) is 0. The Bertz CT molecular complexity index is 1130. The number of halogens is 9. The van der Waals surface area contributed by atoms with Crippen LogP contribution >= 0.6 is 31.9 Å². The predicted octanol–water partition coefficient (Wildman–Crippen LogP) is 6.04. The van der Waals surface area contributed by atoms with Crippen molar-refractivity contribution in [3.05, 3.63) is 62.0 Å². The normalized spacial score (nSPS) is 13.2. The van der Waals surface area contributed by atoms with Gasteiger partial charge in [0.05, 0.1) is 16.5 Å². The smallest absolute Gasteiger partial charge is 0.217 e. The summed E-state index contributed by atoms with van der Waals surface area (Å²) in [6, 6.07) is 10.2. The molecule has 0 amide bonds. The van der Waals surface area contributed by atoms with Crippen LogP contribution in [0.15, 0.2) is 44.2 Å². The van der Waals surface area contributed by atoms with Crippen LogP contribution in [0.2, 0.25) is 0 Å². The van der Waals surface area contributed by atoms with Crippen LogP contribution in [-0.2, 0) is 16.3 Å². The van der Waals surface area contributed by atoms with Gasteiger partial charge in [-0.15, -0.1) is 0 Å². The lowest BCUT2D eigenvalue weighted by Gasteiger charge is -2.28. The van der Waals surface area contributed by atoms with Crippen LogP contribution < -0.4 is 0 Å². The number of rotatable bonds is 5. The fraction of sp³-hybridized carbons (Fsp3) is 0.235. The van der Waals surface area contributed by atoms with E-state index in [2.05, 4.69) is 37.9 Å². The molecule has 0 aliphatic rings. The molecule has 0 bridgehead atoms. The molecule has 1 radical (unpaired) electrons. The molecule has 2 aromatic rings. The summed E-state index contributed by atoms with van der Waals surface area (Å²) in [5.41, 5.74) is -0.193. The van der Waals surface area contributed by atoms with Crippen molar-refractivity contribution in [2.45, 2.75) is 28.7 Å². The predicted molar refractivity (Wildman–Crippen MR) is 97.8 cm³/mol. The summed E-state index contributed by atoms with van der Waals surface area (Å²) in [5.74, 6) is -6.85. The average Bonchev–Trinajstić information content (AvgIpc) is 2.62. The molecule has 0 saturated heterocycles. The number of nitrogens with zero attached hydrogens (tertiary/aromatic N) is 1. The summed E-state index contributed by atoms with van der Waals surface area (Å²) in [5, 5.41) is 2.42. The lowest BCUT2D eigenvalue weighted by Crippen LogP contribution is -2.56. The minimum absolute atomic E-state index is 0.128. The van der Waals surface area contributed by atoms with Crippen molar-refractivity contribution in [1.82, 2.24) is 0 Å². The zero-order valence-electron chi connectivity index (χ0n) is 14.2. The van der Waals surface area contributed by atoms with Crippen LogP contribution in [-0.4, -0.2) is 25.8 Å². The van der Waals surface area contributed by atoms with Gasteiger partial charge in [-0.25, -0.2) is 8.42 Å². The monoisotopic (exact) mass is 580 g/mol. The molecule has 0 atom stereocenters. The van der Waals surface area contributed by atoms with Crippen LogP contribution in [0, 0.1) is 17.4 Å². The Morgan fingerprint density at radius 1 is 1.03 bits per heavy atom. The second-order valence-electron chi connectivity index (χ2n) is 5.86. The fourth-order valence-electron chi connectivity index (χ4n) is 2.36. The summed E-state index contributed by atoms with van der Waals surface area (Å²) in [6.07, 6.45) is -7.30. The summed E-state index contributed by atoms with van der Waals surface area (Å²) < 4.78 is 117. The van der Waals surface area contributed by atoms with Crippen LogP contribution in [0.25, 0.3) is 0 Å². The van der Waals surface area contributed by atoms with Crippen molar-refractivity contribution < 1.29 is 39.2 Å². The van der Waals surface area contributed by atoms with E-state index in [4.69, 9.17) is 5.26 Å². The molecule has 0 aromatic heterocycles. The first-order chi connectivity index (χ1) is 13.6. The van der Waals surface area contributed by atoms with E-state index in [-0.39, 0.29) is 20.1 Å². The third kappa shape index (κ3) is 4.22. The summed E-state index contributed by atoms with van der Waals surface area (Å²) in [6.45, 7) is 0. The third-order valence-electron chi connectivity index (χ3n) is 3.83. The van der Waals surface area contributed by atoms with Gasteiger partial charge in [0.1, 0.15) is 0 Å². The Morgan fingerprint density at radius 3 is 2.17 bits per heavy atom. The Morgan fingerprint density at radius 2 is 1.63 bits per heavy atom. The Balaban J connectivity index is 2.73. The van der Waals surface area contributed by atoms with Crippen molar-refractivity contribution in [3.63, 3.8) is 0 Å². The Hall–Kier alpha value is -1.65. The highest BCUT2D eigenvalue weighted by Gasteiger charge is 2.78. The van der Waals surface area contributed by atoms with Crippen molar-refractivity contribution in [3.8, 4) is 6.07 Å². The van der Waals surface area contributed by atoms with Gasteiger partial charge in [0.2, 0.25) is 0 Å². The van der Waals surface area contributed by atoms with E-state index in [1.807, 2.05) is 0 Å². The first-order valence-electron chi connectivity index (χ1n) is 7.52. The molecule has 0 aliphatic carbocycles. The second-order valence-corrected chi connectivity index (χ2v) is 9.46. The van der Waals surface area contributed by atoms with Gasteiger partial charge < -0.3 is 0 Å². The maximum absolute atomic E-state index is 14.1. The van der Waals surface area contributed by atoms with Gasteiger partial charge in [0.15, 0.2) is 0 Å². The average molecular weight is 582 g/mol. The van der Waals surface area contributed by atoms with E-state index in [0.717, 1.165) is 0 Å². The van der Waals surface area contributed by atoms with E-state index >= 15 is 0 Å². The maximum Gasteiger partial charge on any atom is 0.461 e. The first-order valence-corrected chi connectivity index (χ1v) is 10.6. The van der Waals surface area contributed by atoms with Crippen LogP contribution in [0.1, 0.15) is 16.7 Å². The van der Waals surface area contributed by atoms with Crippen LogP contribution in [0.3, 0.4) is 0 Å². The molecule has 0 unspecified atom stereocenters. The highest BCUT2D eigenvalue weighted by atomic mass is 79.9. The molecule has 161 valence electrons. The van der Waals surface area contributed by atoms with Gasteiger partial charge in [0, 0.05) is 15.0 Å². The standard InChI is InChI=1S/C17H7Br2F7NO2S/c18-11-6-13(19)12(5-9-2-1-3-10(4-9)8-27)14(7-11)30(28,29)17(25,26)15(20,21)16(22,23)24/h1-4,7H,5H2. The highest BCUT2D eigenvalue weighted by Crippen LogP contribution is 2.51. The van der Waals surface area contributed by atoms with E-state index in [9.17, 15) is 39.2 Å². The van der Waals surface area contributed by atoms with Crippen molar-refractivity contribution in [2.75, 3.05) is 0 Å². The first kappa shape index (κ1) is 24.6. The van der Waals surface area contributed by atoms with Gasteiger partial charge in [-0.05, 0) is 51.7 Å². The number of hydrogen-bond acceptors (Lipinski definition) is 3. The van der Waals surface area contributed by atoms with Gasteiger partial charge >= 0.3 is 17.4 Å². The van der Waals surface area contributed by atoms with E-state index in [1.165, 1.54) is 24.3 Å². The molecule has 0 spiro atoms. The highest BCUT2D eigenvalue weighted by molar-refractivity contribution is 9.11. The van der Waals surface area contributed by atoms with Gasteiger partial charge in [-0.1, -0.05) is 28.1 Å². The minimum Gasteiger partial charge on any atom is -0.217 e. The number of benzene rings is 2. The number of sulfone groups is 1. The van der Waals surface area contributed by atoms with Crippen LogP contribution in [0.5, 0.6) is 0 Å². The zero-order valence-corrected chi connectivity index (χ0v) is 18.2. The van der Waals surface area contributed by atoms with E-state index in [1.54, 1.807) is 6.07 Å². The molecular weight excluding hydrogens is 575 g/mol. The van der Waals surface area contributed by atoms with Crippen molar-refractivity contribution >= 4 is 41.7 Å². The van der Waals surface area contributed by atoms with E-state index < -0.39 is 44.1 Å². The molecule has 3 nitrogen and oxygen atoms in total. The van der Waals surface area contributed by atoms with Crippen molar-refractivity contribution in [1.29, 1.82) is 5.26 Å². The number of alkyl halides is 7. The molecule has 0 saturated carbocycles. The summed E-state index contributed by atoms with van der Waals surface area (Å²) in [4.78, 5) is -1.45. The SMILES string of the molecule is N#Cc1cccc(Cc2c(Br)[c]c(Br)cc2S(=O)(=O)C(F)(F)C(F)(F)C(F)(F)F)c1. The molecule has 0 aliphatic heterocycles. The molecule has 13 heteroatoms. The zero-order chi connectivity index (χ0) is 23.1. The summed E-state index contributed by atoms with van der Waals surface area (Å²) >= 11 is 5.63. The topological polar surface area (TPSA) is 57.9 Å².